The molecule has 0 fully saturated rings. The summed E-state index contributed by atoms with van der Waals surface area (Å²) in [5.41, 5.74) is 2.84. The van der Waals surface area contributed by atoms with Crippen molar-refractivity contribution in [2.45, 2.75) is 65.0 Å². The first-order chi connectivity index (χ1) is 9.54. The van der Waals surface area contributed by atoms with Crippen molar-refractivity contribution in [1.82, 2.24) is 14.9 Å². The summed E-state index contributed by atoms with van der Waals surface area (Å²) in [5, 5.41) is 3.42. The fourth-order valence-corrected chi connectivity index (χ4v) is 2.88. The van der Waals surface area contributed by atoms with Crippen LogP contribution in [0.3, 0.4) is 0 Å². The molecule has 4 nitrogen and oxygen atoms in total. The second-order valence-corrected chi connectivity index (χ2v) is 6.71. The van der Waals surface area contributed by atoms with Gasteiger partial charge in [0.1, 0.15) is 5.82 Å². The Bertz CT molecular complexity index is 432. The van der Waals surface area contributed by atoms with Crippen LogP contribution in [0.4, 0.5) is 0 Å². The molecule has 1 aliphatic heterocycles. The number of unbranched alkanes of at least 4 members (excludes halogenated alkanes) is 2. The molecule has 20 heavy (non-hydrogen) atoms. The van der Waals surface area contributed by atoms with Gasteiger partial charge in [0.05, 0.1) is 5.69 Å². The Balaban J connectivity index is 2.10. The number of ether oxygens (including phenoxy) is 1. The molecular formula is C16H29N3O. The van der Waals surface area contributed by atoms with E-state index in [4.69, 9.17) is 9.72 Å². The van der Waals surface area contributed by atoms with E-state index in [0.29, 0.717) is 0 Å². The molecule has 0 amide bonds. The third kappa shape index (κ3) is 3.61. The minimum Gasteiger partial charge on any atom is -0.385 e. The van der Waals surface area contributed by atoms with Crippen LogP contribution < -0.4 is 5.32 Å². The molecule has 0 saturated carbocycles. The Morgan fingerprint density at radius 3 is 2.75 bits per heavy atom. The maximum absolute atomic E-state index is 5.12. The zero-order valence-electron chi connectivity index (χ0n) is 13.5. The van der Waals surface area contributed by atoms with E-state index in [2.05, 4.69) is 30.7 Å². The van der Waals surface area contributed by atoms with Crippen LogP contribution in [0, 0.1) is 0 Å². The zero-order valence-corrected chi connectivity index (χ0v) is 13.5. The van der Waals surface area contributed by atoms with Gasteiger partial charge in [-0.1, -0.05) is 20.8 Å². The molecule has 2 heterocycles. The molecule has 0 radical (unpaired) electrons. The summed E-state index contributed by atoms with van der Waals surface area (Å²) < 4.78 is 7.61. The summed E-state index contributed by atoms with van der Waals surface area (Å²) >= 11 is 0. The molecule has 0 saturated heterocycles. The Morgan fingerprint density at radius 1 is 1.25 bits per heavy atom. The van der Waals surface area contributed by atoms with Gasteiger partial charge in [0.2, 0.25) is 0 Å². The molecule has 2 rings (SSSR count). The van der Waals surface area contributed by atoms with Gasteiger partial charge >= 0.3 is 0 Å². The summed E-state index contributed by atoms with van der Waals surface area (Å²) in [6, 6.07) is 0. The number of hydrogen-bond donors (Lipinski definition) is 1. The van der Waals surface area contributed by atoms with Gasteiger partial charge < -0.3 is 14.6 Å². The molecule has 4 heteroatoms. The first kappa shape index (κ1) is 15.5. The fraction of sp³-hybridized carbons (Fsp3) is 0.812. The highest BCUT2D eigenvalue weighted by Gasteiger charge is 2.26. The number of rotatable bonds is 6. The lowest BCUT2D eigenvalue weighted by Gasteiger charge is -2.22. The van der Waals surface area contributed by atoms with Crippen LogP contribution >= 0.6 is 0 Å². The van der Waals surface area contributed by atoms with Crippen molar-refractivity contribution in [2.24, 2.45) is 0 Å². The van der Waals surface area contributed by atoms with Crippen LogP contribution in [0.1, 0.15) is 57.2 Å². The van der Waals surface area contributed by atoms with E-state index in [1.807, 2.05) is 0 Å². The van der Waals surface area contributed by atoms with Crippen LogP contribution in [0.2, 0.25) is 0 Å². The van der Waals surface area contributed by atoms with Gasteiger partial charge in [-0.2, -0.15) is 0 Å². The molecule has 0 aliphatic carbocycles. The van der Waals surface area contributed by atoms with Crippen LogP contribution in [-0.2, 0) is 29.7 Å². The summed E-state index contributed by atoms with van der Waals surface area (Å²) in [6.07, 6.45) is 4.70. The molecule has 0 bridgehead atoms. The van der Waals surface area contributed by atoms with Crippen molar-refractivity contribution in [2.75, 3.05) is 20.3 Å². The van der Waals surface area contributed by atoms with E-state index >= 15 is 0 Å². The van der Waals surface area contributed by atoms with E-state index in [1.54, 1.807) is 7.11 Å². The van der Waals surface area contributed by atoms with Gasteiger partial charge in [0, 0.05) is 50.9 Å². The molecule has 0 atom stereocenters. The second-order valence-electron chi connectivity index (χ2n) is 6.71. The lowest BCUT2D eigenvalue weighted by molar-refractivity contribution is 0.191. The SMILES string of the molecule is COCCCCCn1c(C(C)(C)C)nc2c1CCNC2. The standard InChI is InChI=1S/C16H29N3O/c1-16(2,3)15-18-13-12-17-9-8-14(13)19(15)10-6-5-7-11-20-4/h17H,5-12H2,1-4H3. The summed E-state index contributed by atoms with van der Waals surface area (Å²) in [6.45, 7) is 10.7. The van der Waals surface area contributed by atoms with E-state index in [0.717, 1.165) is 39.1 Å². The molecule has 1 N–H and O–H groups in total. The van der Waals surface area contributed by atoms with Gasteiger partial charge in [-0.25, -0.2) is 4.98 Å². The number of aromatic nitrogens is 2. The Hall–Kier alpha value is -0.870. The number of imidazole rings is 1. The summed E-state index contributed by atoms with van der Waals surface area (Å²) in [5.74, 6) is 1.25. The lowest BCUT2D eigenvalue weighted by atomic mass is 9.95. The van der Waals surface area contributed by atoms with Crippen LogP contribution in [0.25, 0.3) is 0 Å². The van der Waals surface area contributed by atoms with Crippen molar-refractivity contribution in [3.63, 3.8) is 0 Å². The van der Waals surface area contributed by atoms with Gasteiger partial charge in [-0.15, -0.1) is 0 Å². The highest BCUT2D eigenvalue weighted by molar-refractivity contribution is 5.23. The van der Waals surface area contributed by atoms with Crippen molar-refractivity contribution >= 4 is 0 Å². The predicted molar refractivity (Wildman–Crippen MR) is 82.1 cm³/mol. The van der Waals surface area contributed by atoms with Crippen molar-refractivity contribution < 1.29 is 4.74 Å². The highest BCUT2D eigenvalue weighted by atomic mass is 16.5. The first-order valence-corrected chi connectivity index (χ1v) is 7.82. The topological polar surface area (TPSA) is 39.1 Å². The summed E-state index contributed by atoms with van der Waals surface area (Å²) in [4.78, 5) is 4.91. The molecule has 1 aliphatic rings. The monoisotopic (exact) mass is 279 g/mol. The summed E-state index contributed by atoms with van der Waals surface area (Å²) in [7, 11) is 1.77. The Kier molecular flexibility index (Phi) is 5.22. The quantitative estimate of drug-likeness (QED) is 0.814. The number of nitrogens with zero attached hydrogens (tertiary/aromatic N) is 2. The minimum absolute atomic E-state index is 0.115. The maximum atomic E-state index is 5.12. The average Bonchev–Trinajstić information content (AvgIpc) is 2.78. The van der Waals surface area contributed by atoms with E-state index in [9.17, 15) is 0 Å². The number of fused-ring (bicyclic) bond motifs is 1. The first-order valence-electron chi connectivity index (χ1n) is 7.82. The Morgan fingerprint density at radius 2 is 2.05 bits per heavy atom. The molecule has 0 aromatic carbocycles. The molecular weight excluding hydrogens is 250 g/mol. The number of methoxy groups -OCH3 is 1. The molecule has 114 valence electrons. The highest BCUT2D eigenvalue weighted by Crippen LogP contribution is 2.26. The fourth-order valence-electron chi connectivity index (χ4n) is 2.88. The third-order valence-electron chi connectivity index (χ3n) is 3.89. The number of hydrogen-bond acceptors (Lipinski definition) is 3. The molecule has 1 aromatic heterocycles. The van der Waals surface area contributed by atoms with Crippen molar-refractivity contribution in [1.29, 1.82) is 0 Å². The van der Waals surface area contributed by atoms with Crippen LogP contribution in [-0.4, -0.2) is 29.8 Å². The van der Waals surface area contributed by atoms with Crippen molar-refractivity contribution in [3.05, 3.63) is 17.2 Å². The van der Waals surface area contributed by atoms with E-state index in [1.165, 1.54) is 30.1 Å². The maximum Gasteiger partial charge on any atom is 0.114 e. The van der Waals surface area contributed by atoms with Crippen molar-refractivity contribution in [3.8, 4) is 0 Å². The average molecular weight is 279 g/mol. The molecule has 1 aromatic rings. The zero-order chi connectivity index (χ0) is 14.6. The van der Waals surface area contributed by atoms with Gasteiger partial charge in [-0.3, -0.25) is 0 Å². The molecule has 0 unspecified atom stereocenters. The van der Waals surface area contributed by atoms with Gasteiger partial charge in [0.15, 0.2) is 0 Å². The number of nitrogens with one attached hydrogen (secondary N) is 1. The van der Waals surface area contributed by atoms with E-state index < -0.39 is 0 Å². The third-order valence-corrected chi connectivity index (χ3v) is 3.89. The van der Waals surface area contributed by atoms with Gasteiger partial charge in [-0.05, 0) is 19.3 Å². The predicted octanol–water partition coefficient (Wildman–Crippen LogP) is 2.64. The Labute approximate surface area is 122 Å². The van der Waals surface area contributed by atoms with Crippen LogP contribution in [0.15, 0.2) is 0 Å². The molecule has 0 spiro atoms. The second kappa shape index (κ2) is 6.72. The van der Waals surface area contributed by atoms with Gasteiger partial charge in [0.25, 0.3) is 0 Å². The van der Waals surface area contributed by atoms with E-state index in [-0.39, 0.29) is 5.41 Å². The normalized spacial score (nSPS) is 15.4. The minimum atomic E-state index is 0.115. The smallest absolute Gasteiger partial charge is 0.114 e. The van der Waals surface area contributed by atoms with Crippen LogP contribution in [0.5, 0.6) is 0 Å². The lowest BCUT2D eigenvalue weighted by Crippen LogP contribution is -2.25. The largest absolute Gasteiger partial charge is 0.385 e.